The summed E-state index contributed by atoms with van der Waals surface area (Å²) < 4.78 is 3.77. The monoisotopic (exact) mass is 281 g/mol. The van der Waals surface area contributed by atoms with Gasteiger partial charge in [-0.2, -0.15) is 0 Å². The van der Waals surface area contributed by atoms with E-state index in [2.05, 4.69) is 0 Å². The van der Waals surface area contributed by atoms with Crippen molar-refractivity contribution in [3.63, 3.8) is 0 Å². The van der Waals surface area contributed by atoms with Crippen LogP contribution in [0.3, 0.4) is 0 Å². The Morgan fingerprint density at radius 2 is 1.70 bits per heavy atom. The molecule has 0 aromatic carbocycles. The number of aliphatic carboxylic acids is 1. The standard InChI is InChI=1S/C13H19N3O4/c17-11(18)10-7-4-8-14-12(19)15(13(20)16(10)14)9-5-2-1-3-6-9/h9-10H,1-8H2,(H,17,18). The molecule has 20 heavy (non-hydrogen) atoms. The molecule has 1 atom stereocenters. The number of hydrogen-bond donors (Lipinski definition) is 1. The van der Waals surface area contributed by atoms with Crippen molar-refractivity contribution < 1.29 is 9.90 Å². The van der Waals surface area contributed by atoms with E-state index in [1.165, 1.54) is 9.25 Å². The zero-order valence-corrected chi connectivity index (χ0v) is 11.3. The molecule has 1 saturated carbocycles. The van der Waals surface area contributed by atoms with Crippen LogP contribution in [0.15, 0.2) is 9.59 Å². The molecule has 1 N–H and O–H groups in total. The van der Waals surface area contributed by atoms with Crippen LogP contribution >= 0.6 is 0 Å². The number of fused-ring (bicyclic) bond motifs is 1. The minimum Gasteiger partial charge on any atom is -0.480 e. The molecular weight excluding hydrogens is 262 g/mol. The lowest BCUT2D eigenvalue weighted by atomic mass is 9.95. The van der Waals surface area contributed by atoms with Crippen LogP contribution in [-0.4, -0.2) is 25.0 Å². The first kappa shape index (κ1) is 13.2. The van der Waals surface area contributed by atoms with Crippen LogP contribution in [0.1, 0.15) is 57.0 Å². The maximum Gasteiger partial charge on any atom is 0.348 e. The predicted octanol–water partition coefficient (Wildman–Crippen LogP) is 0.736. The molecule has 1 unspecified atom stereocenters. The first-order chi connectivity index (χ1) is 9.61. The molecule has 0 radical (unpaired) electrons. The summed E-state index contributed by atoms with van der Waals surface area (Å²) in [6.45, 7) is 0.428. The largest absolute Gasteiger partial charge is 0.480 e. The summed E-state index contributed by atoms with van der Waals surface area (Å²) in [5, 5.41) is 9.24. The minimum absolute atomic E-state index is 0.0659. The molecule has 1 aromatic heterocycles. The van der Waals surface area contributed by atoms with Crippen LogP contribution < -0.4 is 11.4 Å². The fraction of sp³-hybridized carbons (Fsp3) is 0.769. The van der Waals surface area contributed by atoms with E-state index in [9.17, 15) is 19.5 Å². The van der Waals surface area contributed by atoms with Crippen molar-refractivity contribution in [1.82, 2.24) is 13.9 Å². The van der Waals surface area contributed by atoms with Gasteiger partial charge in [-0.25, -0.2) is 28.3 Å². The lowest BCUT2D eigenvalue weighted by molar-refractivity contribution is -0.142. The van der Waals surface area contributed by atoms with Crippen molar-refractivity contribution >= 4 is 5.97 Å². The fourth-order valence-electron chi connectivity index (χ4n) is 3.45. The molecule has 7 heteroatoms. The number of carboxylic acids is 1. The van der Waals surface area contributed by atoms with Gasteiger partial charge in [0.25, 0.3) is 0 Å². The first-order valence-corrected chi connectivity index (χ1v) is 7.28. The van der Waals surface area contributed by atoms with Gasteiger partial charge >= 0.3 is 17.3 Å². The van der Waals surface area contributed by atoms with E-state index in [1.807, 2.05) is 0 Å². The Bertz CT molecular complexity index is 633. The van der Waals surface area contributed by atoms with E-state index >= 15 is 0 Å². The van der Waals surface area contributed by atoms with Gasteiger partial charge in [0.15, 0.2) is 6.04 Å². The van der Waals surface area contributed by atoms with Crippen LogP contribution in [0, 0.1) is 0 Å². The van der Waals surface area contributed by atoms with E-state index in [0.29, 0.717) is 19.4 Å². The van der Waals surface area contributed by atoms with Gasteiger partial charge in [0, 0.05) is 12.6 Å². The zero-order valence-electron chi connectivity index (χ0n) is 11.3. The van der Waals surface area contributed by atoms with Gasteiger partial charge in [-0.05, 0) is 25.7 Å². The molecule has 1 aliphatic heterocycles. The Morgan fingerprint density at radius 3 is 2.35 bits per heavy atom. The summed E-state index contributed by atoms with van der Waals surface area (Å²) >= 11 is 0. The number of carbonyl (C=O) groups is 1. The predicted molar refractivity (Wildman–Crippen MR) is 71.0 cm³/mol. The maximum absolute atomic E-state index is 12.5. The summed E-state index contributed by atoms with van der Waals surface area (Å²) in [5.41, 5.74) is -0.790. The minimum atomic E-state index is -1.04. The number of carboxylic acid groups (broad SMARTS) is 1. The van der Waals surface area contributed by atoms with Crippen LogP contribution in [0.5, 0.6) is 0 Å². The molecule has 1 fully saturated rings. The third kappa shape index (κ3) is 1.92. The van der Waals surface area contributed by atoms with Crippen LogP contribution in [0.4, 0.5) is 0 Å². The molecule has 0 bridgehead atoms. The van der Waals surface area contributed by atoms with Crippen molar-refractivity contribution in [2.45, 2.75) is 63.6 Å². The van der Waals surface area contributed by atoms with Crippen molar-refractivity contribution in [3.8, 4) is 0 Å². The van der Waals surface area contributed by atoms with Gasteiger partial charge < -0.3 is 5.11 Å². The second-order valence-electron chi connectivity index (χ2n) is 5.69. The highest BCUT2D eigenvalue weighted by Gasteiger charge is 2.33. The summed E-state index contributed by atoms with van der Waals surface area (Å²) in [6, 6.07) is -0.974. The van der Waals surface area contributed by atoms with Gasteiger partial charge in [-0.1, -0.05) is 19.3 Å². The average Bonchev–Trinajstić information content (AvgIpc) is 2.72. The molecule has 2 heterocycles. The Hall–Kier alpha value is -1.79. The molecule has 1 aromatic rings. The van der Waals surface area contributed by atoms with Gasteiger partial charge in [0.2, 0.25) is 0 Å². The highest BCUT2D eigenvalue weighted by molar-refractivity contribution is 5.71. The van der Waals surface area contributed by atoms with Gasteiger partial charge in [-0.3, -0.25) is 0 Å². The SMILES string of the molecule is O=C(O)C1CCCn2c(=O)n(C3CCCCC3)c(=O)n21. The molecule has 1 aliphatic carbocycles. The second kappa shape index (κ2) is 4.96. The lowest BCUT2D eigenvalue weighted by Crippen LogP contribution is -2.38. The van der Waals surface area contributed by atoms with Crippen LogP contribution in [-0.2, 0) is 11.3 Å². The number of nitrogens with zero attached hydrogens (tertiary/aromatic N) is 3. The fourth-order valence-corrected chi connectivity index (χ4v) is 3.45. The Labute approximate surface area is 115 Å². The van der Waals surface area contributed by atoms with E-state index in [-0.39, 0.29) is 11.7 Å². The number of aromatic nitrogens is 3. The Morgan fingerprint density at radius 1 is 1.00 bits per heavy atom. The molecule has 7 nitrogen and oxygen atoms in total. The van der Waals surface area contributed by atoms with Crippen molar-refractivity contribution in [3.05, 3.63) is 21.0 Å². The molecule has 0 spiro atoms. The Kier molecular flexibility index (Phi) is 3.27. The summed E-state index contributed by atoms with van der Waals surface area (Å²) in [4.78, 5) is 36.2. The molecular formula is C13H19N3O4. The zero-order chi connectivity index (χ0) is 14.3. The van der Waals surface area contributed by atoms with E-state index in [4.69, 9.17) is 0 Å². The highest BCUT2D eigenvalue weighted by Crippen LogP contribution is 2.26. The molecule has 3 rings (SSSR count). The maximum atomic E-state index is 12.5. The Balaban J connectivity index is 2.12. The molecule has 0 saturated heterocycles. The van der Waals surface area contributed by atoms with Gasteiger partial charge in [-0.15, -0.1) is 0 Å². The van der Waals surface area contributed by atoms with Crippen molar-refractivity contribution in [1.29, 1.82) is 0 Å². The molecule has 0 amide bonds. The highest BCUT2D eigenvalue weighted by atomic mass is 16.4. The number of rotatable bonds is 2. The first-order valence-electron chi connectivity index (χ1n) is 7.28. The van der Waals surface area contributed by atoms with Gasteiger partial charge in [0.1, 0.15) is 0 Å². The number of hydrogen-bond acceptors (Lipinski definition) is 3. The normalized spacial score (nSPS) is 23.5. The third-order valence-electron chi connectivity index (χ3n) is 4.46. The summed E-state index contributed by atoms with van der Waals surface area (Å²) in [5.74, 6) is -1.04. The van der Waals surface area contributed by atoms with Crippen LogP contribution in [0.25, 0.3) is 0 Å². The van der Waals surface area contributed by atoms with E-state index < -0.39 is 17.7 Å². The van der Waals surface area contributed by atoms with Crippen LogP contribution in [0.2, 0.25) is 0 Å². The summed E-state index contributed by atoms with van der Waals surface area (Å²) in [7, 11) is 0. The average molecular weight is 281 g/mol. The van der Waals surface area contributed by atoms with Gasteiger partial charge in [0.05, 0.1) is 0 Å². The van der Waals surface area contributed by atoms with Crippen molar-refractivity contribution in [2.24, 2.45) is 0 Å². The third-order valence-corrected chi connectivity index (χ3v) is 4.46. The summed E-state index contributed by atoms with van der Waals surface area (Å²) in [6.07, 6.45) is 5.86. The molecule has 2 aliphatic rings. The van der Waals surface area contributed by atoms with E-state index in [0.717, 1.165) is 36.8 Å². The smallest absolute Gasteiger partial charge is 0.348 e. The quantitative estimate of drug-likeness (QED) is 0.866. The second-order valence-corrected chi connectivity index (χ2v) is 5.69. The van der Waals surface area contributed by atoms with E-state index in [1.54, 1.807) is 0 Å². The lowest BCUT2D eigenvalue weighted by Gasteiger charge is -2.21. The molecule has 110 valence electrons. The topological polar surface area (TPSA) is 86.2 Å². The van der Waals surface area contributed by atoms with Crippen molar-refractivity contribution in [2.75, 3.05) is 0 Å².